The van der Waals surface area contributed by atoms with Crippen molar-refractivity contribution in [2.24, 2.45) is 0 Å². The quantitative estimate of drug-likeness (QED) is 0.621. The van der Waals surface area contributed by atoms with Crippen LogP contribution < -0.4 is 15.4 Å². The summed E-state index contributed by atoms with van der Waals surface area (Å²) in [6.07, 6.45) is 2.41. The molecule has 2 N–H and O–H groups in total. The summed E-state index contributed by atoms with van der Waals surface area (Å²) in [6, 6.07) is 19.9. The van der Waals surface area contributed by atoms with Crippen LogP contribution in [0.1, 0.15) is 32.0 Å². The van der Waals surface area contributed by atoms with E-state index >= 15 is 0 Å². The first-order chi connectivity index (χ1) is 14.2. The number of rotatable bonds is 8. The number of hydrogen-bond acceptors (Lipinski definition) is 4. The minimum atomic E-state index is -0.206. The Morgan fingerprint density at radius 3 is 2.10 bits per heavy atom. The molecule has 29 heavy (non-hydrogen) atoms. The van der Waals surface area contributed by atoms with Gasteiger partial charge in [0, 0.05) is 23.9 Å². The number of carbonyl (C=O) groups excluding carboxylic acids is 2. The number of ether oxygens (including phenoxy) is 1. The molecule has 0 saturated heterocycles. The number of nitrogens with zero attached hydrogens (tertiary/aromatic N) is 1. The van der Waals surface area contributed by atoms with Gasteiger partial charge in [0.1, 0.15) is 5.75 Å². The van der Waals surface area contributed by atoms with Crippen LogP contribution in [0.15, 0.2) is 72.9 Å². The number of amides is 2. The topological polar surface area (TPSA) is 80.3 Å². The van der Waals surface area contributed by atoms with E-state index in [1.165, 1.54) is 0 Å². The Bertz CT molecular complexity index is 939. The van der Waals surface area contributed by atoms with Crippen LogP contribution in [0, 0.1) is 0 Å². The Morgan fingerprint density at radius 2 is 1.52 bits per heavy atom. The Kier molecular flexibility index (Phi) is 6.95. The number of methoxy groups -OCH3 is 1. The fourth-order valence-electron chi connectivity index (χ4n) is 2.76. The minimum Gasteiger partial charge on any atom is -0.497 e. The summed E-state index contributed by atoms with van der Waals surface area (Å²) >= 11 is 0. The molecule has 0 aliphatic rings. The first-order valence-corrected chi connectivity index (χ1v) is 9.35. The molecule has 148 valence electrons. The van der Waals surface area contributed by atoms with E-state index in [0.717, 1.165) is 23.4 Å². The van der Waals surface area contributed by atoms with E-state index in [0.29, 0.717) is 24.2 Å². The van der Waals surface area contributed by atoms with Crippen LogP contribution in [0.3, 0.4) is 0 Å². The molecule has 0 unspecified atom stereocenters. The number of aromatic nitrogens is 1. The predicted octanol–water partition coefficient (Wildman–Crippen LogP) is 2.99. The van der Waals surface area contributed by atoms with Gasteiger partial charge in [0.15, 0.2) is 0 Å². The first-order valence-electron chi connectivity index (χ1n) is 9.35. The van der Waals surface area contributed by atoms with Gasteiger partial charge < -0.3 is 15.4 Å². The van der Waals surface area contributed by atoms with Crippen molar-refractivity contribution in [2.75, 3.05) is 13.7 Å². The maximum Gasteiger partial charge on any atom is 0.251 e. The van der Waals surface area contributed by atoms with Gasteiger partial charge in [-0.25, -0.2) is 0 Å². The lowest BCUT2D eigenvalue weighted by Gasteiger charge is -2.08. The number of carbonyl (C=O) groups is 2. The maximum atomic E-state index is 12.3. The molecule has 6 heteroatoms. The van der Waals surface area contributed by atoms with E-state index in [9.17, 15) is 9.59 Å². The molecule has 0 fully saturated rings. The van der Waals surface area contributed by atoms with Gasteiger partial charge in [-0.05, 0) is 60.5 Å². The molecule has 2 aromatic carbocycles. The fraction of sp³-hybridized carbons (Fsp3) is 0.174. The summed E-state index contributed by atoms with van der Waals surface area (Å²) in [5, 5.41) is 5.71. The summed E-state index contributed by atoms with van der Waals surface area (Å²) in [6.45, 7) is 0.880. The monoisotopic (exact) mass is 389 g/mol. The van der Waals surface area contributed by atoms with Gasteiger partial charge in [-0.1, -0.05) is 18.2 Å². The van der Waals surface area contributed by atoms with Crippen LogP contribution in [0.5, 0.6) is 5.75 Å². The van der Waals surface area contributed by atoms with E-state index in [1.54, 1.807) is 37.6 Å². The molecule has 0 aliphatic carbocycles. The molecule has 3 rings (SSSR count). The standard InChI is InChI=1S/C23H23N3O3/c1-29-21-11-5-17(6-12-21)13-15-25-22(27)18-7-9-19(10-8-18)23(28)26-16-20-4-2-3-14-24-20/h2-12,14H,13,15-16H2,1H3,(H,25,27)(H,26,28). The molecular weight excluding hydrogens is 366 g/mol. The summed E-state index contributed by atoms with van der Waals surface area (Å²) in [5.74, 6) is 0.433. The largest absolute Gasteiger partial charge is 0.497 e. The Hall–Kier alpha value is -3.67. The van der Waals surface area contributed by atoms with Gasteiger partial charge in [-0.15, -0.1) is 0 Å². The Morgan fingerprint density at radius 1 is 0.862 bits per heavy atom. The van der Waals surface area contributed by atoms with Crippen LogP contribution >= 0.6 is 0 Å². The fourth-order valence-corrected chi connectivity index (χ4v) is 2.76. The van der Waals surface area contributed by atoms with Crippen molar-refractivity contribution in [1.82, 2.24) is 15.6 Å². The van der Waals surface area contributed by atoms with Gasteiger partial charge in [-0.2, -0.15) is 0 Å². The summed E-state index contributed by atoms with van der Waals surface area (Å²) in [4.78, 5) is 28.7. The highest BCUT2D eigenvalue weighted by Crippen LogP contribution is 2.11. The number of pyridine rings is 1. The molecule has 0 bridgehead atoms. The first kappa shape index (κ1) is 20.1. The molecule has 1 aromatic heterocycles. The van der Waals surface area contributed by atoms with Crippen LogP contribution in [0.4, 0.5) is 0 Å². The molecule has 2 amide bonds. The Balaban J connectivity index is 1.46. The number of nitrogens with one attached hydrogen (secondary N) is 2. The molecule has 0 saturated carbocycles. The van der Waals surface area contributed by atoms with Crippen LogP contribution in [-0.4, -0.2) is 30.5 Å². The van der Waals surface area contributed by atoms with Crippen molar-refractivity contribution in [3.63, 3.8) is 0 Å². The second-order valence-corrected chi connectivity index (χ2v) is 6.44. The normalized spacial score (nSPS) is 10.2. The molecule has 1 heterocycles. The zero-order chi connectivity index (χ0) is 20.5. The number of hydrogen-bond donors (Lipinski definition) is 2. The summed E-state index contributed by atoms with van der Waals surface area (Å²) in [5.41, 5.74) is 2.91. The van der Waals surface area contributed by atoms with Crippen LogP contribution in [-0.2, 0) is 13.0 Å². The highest BCUT2D eigenvalue weighted by atomic mass is 16.5. The van der Waals surface area contributed by atoms with Crippen molar-refractivity contribution < 1.29 is 14.3 Å². The third kappa shape index (κ3) is 5.90. The highest BCUT2D eigenvalue weighted by Gasteiger charge is 2.09. The predicted molar refractivity (Wildman–Crippen MR) is 111 cm³/mol. The molecule has 0 radical (unpaired) electrons. The zero-order valence-corrected chi connectivity index (χ0v) is 16.2. The minimum absolute atomic E-state index is 0.168. The lowest BCUT2D eigenvalue weighted by atomic mass is 10.1. The average molecular weight is 389 g/mol. The van der Waals surface area contributed by atoms with E-state index in [4.69, 9.17) is 4.74 Å². The third-order valence-corrected chi connectivity index (χ3v) is 4.42. The molecule has 0 spiro atoms. The van der Waals surface area contributed by atoms with Crippen LogP contribution in [0.25, 0.3) is 0 Å². The second kappa shape index (κ2) is 10.0. The van der Waals surface area contributed by atoms with E-state index < -0.39 is 0 Å². The van der Waals surface area contributed by atoms with E-state index in [-0.39, 0.29) is 11.8 Å². The average Bonchev–Trinajstić information content (AvgIpc) is 2.78. The molecule has 0 aliphatic heterocycles. The maximum absolute atomic E-state index is 12.3. The Labute approximate surface area is 169 Å². The van der Waals surface area contributed by atoms with Crippen molar-refractivity contribution in [3.8, 4) is 5.75 Å². The van der Waals surface area contributed by atoms with Gasteiger partial charge in [-0.3, -0.25) is 14.6 Å². The molecule has 0 atom stereocenters. The lowest BCUT2D eigenvalue weighted by molar-refractivity contribution is 0.0940. The second-order valence-electron chi connectivity index (χ2n) is 6.44. The number of benzene rings is 2. The van der Waals surface area contributed by atoms with Crippen LogP contribution in [0.2, 0.25) is 0 Å². The molecule has 3 aromatic rings. The van der Waals surface area contributed by atoms with Gasteiger partial charge in [0.25, 0.3) is 11.8 Å². The third-order valence-electron chi connectivity index (χ3n) is 4.42. The zero-order valence-electron chi connectivity index (χ0n) is 16.2. The van der Waals surface area contributed by atoms with Crippen molar-refractivity contribution >= 4 is 11.8 Å². The molecule has 6 nitrogen and oxygen atoms in total. The SMILES string of the molecule is COc1ccc(CCNC(=O)c2ccc(C(=O)NCc3ccccn3)cc2)cc1. The highest BCUT2D eigenvalue weighted by molar-refractivity contribution is 5.97. The lowest BCUT2D eigenvalue weighted by Crippen LogP contribution is -2.26. The van der Waals surface area contributed by atoms with Gasteiger partial charge in [0.05, 0.1) is 19.3 Å². The van der Waals surface area contributed by atoms with Gasteiger partial charge in [0.2, 0.25) is 0 Å². The van der Waals surface area contributed by atoms with E-state index in [1.807, 2.05) is 42.5 Å². The van der Waals surface area contributed by atoms with Crippen molar-refractivity contribution in [1.29, 1.82) is 0 Å². The van der Waals surface area contributed by atoms with E-state index in [2.05, 4.69) is 15.6 Å². The van der Waals surface area contributed by atoms with Gasteiger partial charge >= 0.3 is 0 Å². The van der Waals surface area contributed by atoms with Crippen molar-refractivity contribution in [3.05, 3.63) is 95.3 Å². The summed E-state index contributed by atoms with van der Waals surface area (Å²) in [7, 11) is 1.63. The smallest absolute Gasteiger partial charge is 0.251 e. The molecular formula is C23H23N3O3. The summed E-state index contributed by atoms with van der Waals surface area (Å²) < 4.78 is 5.13. The van der Waals surface area contributed by atoms with Crippen molar-refractivity contribution in [2.45, 2.75) is 13.0 Å².